The molecule has 0 spiro atoms. The lowest BCUT2D eigenvalue weighted by Gasteiger charge is -2.21. The van der Waals surface area contributed by atoms with Crippen LogP contribution in [0.4, 0.5) is 5.13 Å². The highest BCUT2D eigenvalue weighted by Gasteiger charge is 2.22. The number of hydrogen-bond acceptors (Lipinski definition) is 6. The van der Waals surface area contributed by atoms with E-state index in [4.69, 9.17) is 10.2 Å². The quantitative estimate of drug-likeness (QED) is 0.931. The summed E-state index contributed by atoms with van der Waals surface area (Å²) in [5, 5.41) is 3.00. The van der Waals surface area contributed by atoms with E-state index in [0.717, 1.165) is 31.2 Å². The molecular formula is C14H18N4O2S. The first kappa shape index (κ1) is 14.1. The predicted octanol–water partition coefficient (Wildman–Crippen LogP) is 1.55. The lowest BCUT2D eigenvalue weighted by Crippen LogP contribution is -2.35. The first-order chi connectivity index (χ1) is 10.3. The van der Waals surface area contributed by atoms with Gasteiger partial charge in [-0.25, -0.2) is 4.98 Å². The number of nitrogens with zero attached hydrogens (tertiary/aromatic N) is 3. The van der Waals surface area contributed by atoms with E-state index >= 15 is 0 Å². The van der Waals surface area contributed by atoms with Crippen LogP contribution in [0.15, 0.2) is 28.3 Å². The average Bonchev–Trinajstić information content (AvgIpc) is 3.14. The van der Waals surface area contributed by atoms with Crippen LogP contribution in [0.5, 0.6) is 0 Å². The third-order valence-corrected chi connectivity index (χ3v) is 4.41. The second-order valence-corrected chi connectivity index (χ2v) is 5.83. The molecule has 2 N–H and O–H groups in total. The molecular weight excluding hydrogens is 288 g/mol. The first-order valence-corrected chi connectivity index (χ1v) is 7.87. The number of carbonyl (C=O) groups excluding carboxylic acids is 1. The number of furan rings is 1. The van der Waals surface area contributed by atoms with Crippen molar-refractivity contribution >= 4 is 22.4 Å². The van der Waals surface area contributed by atoms with Gasteiger partial charge in [-0.3, -0.25) is 4.79 Å². The number of amides is 1. The van der Waals surface area contributed by atoms with Crippen molar-refractivity contribution in [3.05, 3.63) is 35.2 Å². The Kier molecular flexibility index (Phi) is 4.21. The maximum absolute atomic E-state index is 12.5. The highest BCUT2D eigenvalue weighted by Crippen LogP contribution is 2.20. The summed E-state index contributed by atoms with van der Waals surface area (Å²) in [5.74, 6) is 0.650. The number of hydrogen-bond donors (Lipinski definition) is 1. The number of carbonyl (C=O) groups is 1. The van der Waals surface area contributed by atoms with Crippen LogP contribution in [0.1, 0.15) is 22.5 Å². The van der Waals surface area contributed by atoms with Gasteiger partial charge >= 0.3 is 0 Å². The van der Waals surface area contributed by atoms with Crippen LogP contribution in [-0.4, -0.2) is 42.0 Å². The number of rotatable bonds is 3. The maximum Gasteiger partial charge on any atom is 0.257 e. The zero-order valence-electron chi connectivity index (χ0n) is 11.7. The Labute approximate surface area is 127 Å². The minimum absolute atomic E-state index is 0.0134. The van der Waals surface area contributed by atoms with Gasteiger partial charge in [0, 0.05) is 37.8 Å². The molecule has 0 atom stereocenters. The zero-order valence-corrected chi connectivity index (χ0v) is 12.5. The Morgan fingerprint density at radius 3 is 3.00 bits per heavy atom. The summed E-state index contributed by atoms with van der Waals surface area (Å²) in [6.07, 6.45) is 4.24. The molecule has 3 heterocycles. The van der Waals surface area contributed by atoms with Crippen molar-refractivity contribution in [1.82, 2.24) is 9.88 Å². The largest absolute Gasteiger partial charge is 0.467 e. The van der Waals surface area contributed by atoms with Crippen molar-refractivity contribution in [3.63, 3.8) is 0 Å². The molecule has 1 aliphatic rings. The van der Waals surface area contributed by atoms with E-state index in [2.05, 4.69) is 9.88 Å². The van der Waals surface area contributed by atoms with Crippen molar-refractivity contribution in [2.75, 3.05) is 31.1 Å². The van der Waals surface area contributed by atoms with Crippen LogP contribution in [0.2, 0.25) is 0 Å². The summed E-state index contributed by atoms with van der Waals surface area (Å²) >= 11 is 1.63. The van der Waals surface area contributed by atoms with Crippen molar-refractivity contribution in [2.45, 2.75) is 13.0 Å². The van der Waals surface area contributed by atoms with Gasteiger partial charge in [0.1, 0.15) is 12.0 Å². The van der Waals surface area contributed by atoms with Gasteiger partial charge in [0.25, 0.3) is 5.91 Å². The molecule has 1 saturated heterocycles. The van der Waals surface area contributed by atoms with Crippen LogP contribution in [0, 0.1) is 0 Å². The topological polar surface area (TPSA) is 75.6 Å². The number of thiazole rings is 1. The lowest BCUT2D eigenvalue weighted by atomic mass is 10.2. The van der Waals surface area contributed by atoms with Crippen molar-refractivity contribution in [2.24, 2.45) is 5.73 Å². The van der Waals surface area contributed by atoms with E-state index in [-0.39, 0.29) is 5.91 Å². The average molecular weight is 306 g/mol. The fourth-order valence-corrected chi connectivity index (χ4v) is 3.16. The van der Waals surface area contributed by atoms with Crippen LogP contribution in [0.25, 0.3) is 0 Å². The minimum atomic E-state index is 0.0134. The standard InChI is InChI=1S/C14H18N4O2S/c15-9-12-8-11(10-20-12)13(19)17-3-1-4-18(6-5-17)14-16-2-7-21-14/h2,7-8,10H,1,3-6,9,15H2. The van der Waals surface area contributed by atoms with E-state index < -0.39 is 0 Å². The molecule has 0 bridgehead atoms. The molecule has 0 aromatic carbocycles. The number of anilines is 1. The molecule has 6 nitrogen and oxygen atoms in total. The molecule has 1 amide bonds. The fourth-order valence-electron chi connectivity index (χ4n) is 2.47. The summed E-state index contributed by atoms with van der Waals surface area (Å²) < 4.78 is 5.25. The molecule has 0 radical (unpaired) electrons. The van der Waals surface area contributed by atoms with Crippen molar-refractivity contribution < 1.29 is 9.21 Å². The third-order valence-electron chi connectivity index (χ3n) is 3.57. The molecule has 3 rings (SSSR count). The normalized spacial score (nSPS) is 16.0. The molecule has 2 aromatic heterocycles. The van der Waals surface area contributed by atoms with Gasteiger partial charge in [0.2, 0.25) is 0 Å². The molecule has 0 saturated carbocycles. The van der Waals surface area contributed by atoms with Crippen LogP contribution >= 0.6 is 11.3 Å². The molecule has 1 aliphatic heterocycles. The summed E-state index contributed by atoms with van der Waals surface area (Å²) in [7, 11) is 0. The Bertz CT molecular complexity index is 596. The van der Waals surface area contributed by atoms with Gasteiger partial charge in [-0.2, -0.15) is 0 Å². The number of aromatic nitrogens is 1. The Morgan fingerprint density at radius 2 is 2.29 bits per heavy atom. The molecule has 2 aromatic rings. The van der Waals surface area contributed by atoms with Crippen LogP contribution < -0.4 is 10.6 Å². The summed E-state index contributed by atoms with van der Waals surface area (Å²) in [5.41, 5.74) is 6.09. The Balaban J connectivity index is 1.65. The minimum Gasteiger partial charge on any atom is -0.467 e. The van der Waals surface area contributed by atoms with Gasteiger partial charge < -0.3 is 20.0 Å². The van der Waals surface area contributed by atoms with Crippen LogP contribution in [0.3, 0.4) is 0 Å². The van der Waals surface area contributed by atoms with Gasteiger partial charge in [-0.15, -0.1) is 11.3 Å². The van der Waals surface area contributed by atoms with E-state index in [1.807, 2.05) is 16.5 Å². The van der Waals surface area contributed by atoms with Crippen LogP contribution in [-0.2, 0) is 6.54 Å². The van der Waals surface area contributed by atoms with Gasteiger partial charge in [0.15, 0.2) is 5.13 Å². The van der Waals surface area contributed by atoms with Crippen molar-refractivity contribution in [1.29, 1.82) is 0 Å². The van der Waals surface area contributed by atoms with E-state index in [1.165, 1.54) is 6.26 Å². The van der Waals surface area contributed by atoms with E-state index in [9.17, 15) is 4.79 Å². The van der Waals surface area contributed by atoms with Crippen molar-refractivity contribution in [3.8, 4) is 0 Å². The highest BCUT2D eigenvalue weighted by atomic mass is 32.1. The van der Waals surface area contributed by atoms with E-state index in [1.54, 1.807) is 17.4 Å². The fraction of sp³-hybridized carbons (Fsp3) is 0.429. The van der Waals surface area contributed by atoms with Gasteiger partial charge in [0.05, 0.1) is 12.1 Å². The third kappa shape index (κ3) is 3.08. The van der Waals surface area contributed by atoms with Gasteiger partial charge in [-0.1, -0.05) is 0 Å². The lowest BCUT2D eigenvalue weighted by molar-refractivity contribution is 0.0766. The zero-order chi connectivity index (χ0) is 14.7. The molecule has 1 fully saturated rings. The second kappa shape index (κ2) is 6.28. The van der Waals surface area contributed by atoms with Gasteiger partial charge in [-0.05, 0) is 12.5 Å². The maximum atomic E-state index is 12.5. The first-order valence-electron chi connectivity index (χ1n) is 6.99. The number of nitrogens with two attached hydrogens (primary N) is 1. The Morgan fingerprint density at radius 1 is 1.38 bits per heavy atom. The SMILES string of the molecule is NCc1cc(C(=O)N2CCCN(c3nccs3)CC2)co1. The van der Waals surface area contributed by atoms with E-state index in [0.29, 0.717) is 24.4 Å². The predicted molar refractivity (Wildman–Crippen MR) is 81.4 cm³/mol. The molecule has 0 unspecified atom stereocenters. The summed E-state index contributed by atoms with van der Waals surface area (Å²) in [6, 6.07) is 1.73. The summed E-state index contributed by atoms with van der Waals surface area (Å²) in [4.78, 5) is 20.9. The Hall–Kier alpha value is -1.86. The smallest absolute Gasteiger partial charge is 0.257 e. The molecule has 112 valence electrons. The molecule has 21 heavy (non-hydrogen) atoms. The molecule has 0 aliphatic carbocycles. The highest BCUT2D eigenvalue weighted by molar-refractivity contribution is 7.13. The monoisotopic (exact) mass is 306 g/mol. The second-order valence-electron chi connectivity index (χ2n) is 4.95. The molecule has 7 heteroatoms. The summed E-state index contributed by atoms with van der Waals surface area (Å²) in [6.45, 7) is 3.49.